The predicted octanol–water partition coefficient (Wildman–Crippen LogP) is 3.21. The maximum atomic E-state index is 3.00. The summed E-state index contributed by atoms with van der Waals surface area (Å²) in [7, 11) is 0. The second-order valence-electron chi connectivity index (χ2n) is 0. The molecule has 0 spiro atoms. The minimum Gasteiger partial charge on any atom is -0.106 e. The molecule has 0 saturated carbocycles. The van der Waals surface area contributed by atoms with E-state index in [-0.39, 0.29) is 21.7 Å². The van der Waals surface area contributed by atoms with Gasteiger partial charge in [0.15, 0.2) is 0 Å². The van der Waals surface area contributed by atoms with Gasteiger partial charge in [0, 0.05) is 0 Å². The maximum Gasteiger partial charge on any atom is 2.00 e. The topological polar surface area (TPSA) is 0 Å². The summed E-state index contributed by atoms with van der Waals surface area (Å²) >= 11 is 0. The Morgan fingerprint density at radius 3 is 0.333 bits per heavy atom. The van der Waals surface area contributed by atoms with Gasteiger partial charge >= 0.3 is 21.7 Å². The zero-order valence-electron chi connectivity index (χ0n) is 6.16. The molecule has 0 radical (unpaired) electrons. The Hall–Kier alpha value is -0.326. The van der Waals surface area contributed by atoms with Crippen molar-refractivity contribution in [3.63, 3.8) is 0 Å². The van der Waals surface area contributed by atoms with Crippen molar-refractivity contribution in [3.05, 3.63) is 52.6 Å². The van der Waals surface area contributed by atoms with E-state index >= 15 is 0 Å². The Labute approximate surface area is 74.6 Å². The Morgan fingerprint density at radius 2 is 0.333 bits per heavy atom. The Balaban J connectivity index is -0.00000000762. The summed E-state index contributed by atoms with van der Waals surface area (Å²) in [6, 6.07) is 0. The van der Waals surface area contributed by atoms with Crippen LogP contribution in [-0.2, 0) is 21.7 Å². The van der Waals surface area contributed by atoms with E-state index in [1.54, 1.807) is 0 Å². The van der Waals surface area contributed by atoms with Crippen molar-refractivity contribution in [3.8, 4) is 0 Å². The van der Waals surface area contributed by atoms with E-state index in [0.29, 0.717) is 0 Å². The monoisotopic (exact) mass is 160 g/mol. The molecule has 0 aromatic heterocycles. The van der Waals surface area contributed by atoms with Crippen LogP contribution >= 0.6 is 0 Å². The van der Waals surface area contributed by atoms with Crippen LogP contribution < -0.4 is 0 Å². The smallest absolute Gasteiger partial charge is 0.106 e. The van der Waals surface area contributed by atoms with Crippen LogP contribution in [0.5, 0.6) is 0 Å². The fraction of sp³-hybridized carbons (Fsp3) is 0. The molecule has 1 heteroatoms. The van der Waals surface area contributed by atoms with Gasteiger partial charge in [-0.3, -0.25) is 0 Å². The minimum atomic E-state index is 0. The molecule has 0 saturated heterocycles. The van der Waals surface area contributed by atoms with E-state index in [2.05, 4.69) is 52.6 Å². The van der Waals surface area contributed by atoms with Crippen LogP contribution in [0, 0.1) is 0 Å². The molecule has 0 bridgehead atoms. The van der Waals surface area contributed by atoms with Gasteiger partial charge in [-0.2, -0.15) is 0 Å². The summed E-state index contributed by atoms with van der Waals surface area (Å²) in [5.74, 6) is 0. The van der Waals surface area contributed by atoms with Gasteiger partial charge in [0.25, 0.3) is 0 Å². The van der Waals surface area contributed by atoms with E-state index in [0.717, 1.165) is 0 Å². The Bertz CT molecular complexity index is 12.5. The molecule has 0 aromatic carbocycles. The first-order valence-electron chi connectivity index (χ1n) is 2.00. The molecule has 0 amide bonds. The average molecular weight is 160 g/mol. The van der Waals surface area contributed by atoms with Crippen LogP contribution in [0.1, 0.15) is 0 Å². The Morgan fingerprint density at radius 1 is 0.333 bits per heavy atom. The third kappa shape index (κ3) is 2330. The van der Waals surface area contributed by atoms with E-state index in [1.807, 2.05) is 0 Å². The molecule has 0 fully saturated rings. The van der Waals surface area contributed by atoms with Crippen LogP contribution in [0.4, 0.5) is 0 Å². The summed E-state index contributed by atoms with van der Waals surface area (Å²) < 4.78 is 0. The molecule has 0 unspecified atom stereocenters. The predicted molar refractivity (Wildman–Crippen MR) is 45.0 cm³/mol. The normalized spacial score (nSPS) is 1.78. The summed E-state index contributed by atoms with van der Waals surface area (Å²) in [6.07, 6.45) is 0. The van der Waals surface area contributed by atoms with Crippen molar-refractivity contribution < 1.29 is 21.7 Å². The maximum absolute atomic E-state index is 3.00. The van der Waals surface area contributed by atoms with Gasteiger partial charge in [-0.1, -0.05) is 0 Å². The van der Waals surface area contributed by atoms with Crippen molar-refractivity contribution in [1.82, 2.24) is 0 Å². The molecular weight excluding hydrogens is 144 g/mol. The summed E-state index contributed by atoms with van der Waals surface area (Å²) in [5, 5.41) is 0. The number of hydrogen-bond donors (Lipinski definition) is 0. The number of rotatable bonds is 0. The molecule has 0 heterocycles. The molecule has 50 valence electrons. The molecule has 0 rings (SSSR count). The third-order valence-corrected chi connectivity index (χ3v) is 0. The van der Waals surface area contributed by atoms with Crippen LogP contribution in [0.25, 0.3) is 0 Å². The van der Waals surface area contributed by atoms with Crippen molar-refractivity contribution >= 4 is 0 Å². The summed E-state index contributed by atoms with van der Waals surface area (Å²) in [4.78, 5) is 0. The van der Waals surface area contributed by atoms with Gasteiger partial charge in [-0.25, -0.2) is 0 Å². The molecule has 0 aliphatic heterocycles. The molecule has 0 atom stereocenters. The largest absolute Gasteiger partial charge is 2.00 e. The molecule has 0 aromatic rings. The van der Waals surface area contributed by atoms with Crippen LogP contribution in [-0.4, -0.2) is 0 Å². The van der Waals surface area contributed by atoms with E-state index in [1.165, 1.54) is 0 Å². The Kier molecular flexibility index (Phi) is 13500. The first-order valence-corrected chi connectivity index (χ1v) is 2.00. The molecule has 0 aliphatic carbocycles. The molecule has 9 heavy (non-hydrogen) atoms. The van der Waals surface area contributed by atoms with E-state index < -0.39 is 0 Å². The van der Waals surface area contributed by atoms with Gasteiger partial charge in [-0.05, 0) is 0 Å². The van der Waals surface area contributed by atoms with Gasteiger partial charge in [-0.15, -0.1) is 52.6 Å². The van der Waals surface area contributed by atoms with E-state index in [9.17, 15) is 0 Å². The van der Waals surface area contributed by atoms with Crippen molar-refractivity contribution in [2.45, 2.75) is 0 Å². The zero-order chi connectivity index (χ0) is 8.00. The number of hydrogen-bond acceptors (Lipinski definition) is 0. The molecule has 0 nitrogen and oxygen atoms in total. The van der Waals surface area contributed by atoms with Crippen molar-refractivity contribution in [2.75, 3.05) is 0 Å². The summed E-state index contributed by atoms with van der Waals surface area (Å²) in [6.45, 7) is 24.0. The fourth-order valence-electron chi connectivity index (χ4n) is 0. The van der Waals surface area contributed by atoms with Crippen molar-refractivity contribution in [2.24, 2.45) is 0 Å². The van der Waals surface area contributed by atoms with Crippen LogP contribution in [0.15, 0.2) is 52.6 Å². The SMILES string of the molecule is C=C.C=C.C=C.C=C.[Ti+2]. The molecule has 0 aliphatic rings. The van der Waals surface area contributed by atoms with Crippen LogP contribution in [0.2, 0.25) is 0 Å². The first-order chi connectivity index (χ1) is 4.00. The van der Waals surface area contributed by atoms with Gasteiger partial charge < -0.3 is 0 Å². The second kappa shape index (κ2) is 3220. The fourth-order valence-corrected chi connectivity index (χ4v) is 0. The van der Waals surface area contributed by atoms with Gasteiger partial charge in [0.1, 0.15) is 0 Å². The first kappa shape index (κ1) is 37.8. The quantitative estimate of drug-likeness (QED) is 0.377. The average Bonchev–Trinajstić information content (AvgIpc) is 2.03. The zero-order valence-corrected chi connectivity index (χ0v) is 7.72. The van der Waals surface area contributed by atoms with Gasteiger partial charge in [0.05, 0.1) is 0 Å². The third-order valence-electron chi connectivity index (χ3n) is 0. The van der Waals surface area contributed by atoms with Gasteiger partial charge in [0.2, 0.25) is 0 Å². The minimum absolute atomic E-state index is 0. The second-order valence-corrected chi connectivity index (χ2v) is 0. The molecule has 0 N–H and O–H groups in total. The molecular formula is C8H16Ti+2. The standard InChI is InChI=1S/4C2H4.Ti/c4*1-2;/h4*1-2H2;/q;;;;+2. The summed E-state index contributed by atoms with van der Waals surface area (Å²) in [5.41, 5.74) is 0. The van der Waals surface area contributed by atoms with E-state index in [4.69, 9.17) is 0 Å². The van der Waals surface area contributed by atoms with Crippen molar-refractivity contribution in [1.29, 1.82) is 0 Å². The van der Waals surface area contributed by atoms with Crippen LogP contribution in [0.3, 0.4) is 0 Å².